The number of benzene rings is 1. The van der Waals surface area contributed by atoms with Crippen molar-refractivity contribution in [2.24, 2.45) is 5.92 Å². The van der Waals surface area contributed by atoms with Crippen LogP contribution in [0, 0.1) is 11.7 Å². The lowest BCUT2D eigenvalue weighted by atomic mass is 10.2. The van der Waals surface area contributed by atoms with Gasteiger partial charge in [0.05, 0.1) is 12.7 Å². The molecule has 2 amide bonds. The van der Waals surface area contributed by atoms with Crippen molar-refractivity contribution in [1.29, 1.82) is 0 Å². The number of amides is 2. The van der Waals surface area contributed by atoms with E-state index in [9.17, 15) is 14.0 Å². The van der Waals surface area contributed by atoms with Gasteiger partial charge in [-0.2, -0.15) is 0 Å². The Balaban J connectivity index is 2.03. The molecule has 1 aliphatic carbocycles. The van der Waals surface area contributed by atoms with Crippen molar-refractivity contribution in [2.45, 2.75) is 12.8 Å². The number of halogens is 1. The van der Waals surface area contributed by atoms with Gasteiger partial charge in [-0.3, -0.25) is 20.4 Å². The van der Waals surface area contributed by atoms with Gasteiger partial charge in [-0.25, -0.2) is 4.39 Å². The third kappa shape index (κ3) is 2.77. The van der Waals surface area contributed by atoms with Crippen LogP contribution in [0.1, 0.15) is 23.2 Å². The minimum atomic E-state index is -0.611. The number of rotatable bonds is 3. The lowest BCUT2D eigenvalue weighted by molar-refractivity contribution is -0.123. The fourth-order valence-electron chi connectivity index (χ4n) is 1.49. The van der Waals surface area contributed by atoms with Crippen molar-refractivity contribution >= 4 is 11.8 Å². The summed E-state index contributed by atoms with van der Waals surface area (Å²) >= 11 is 0. The first-order chi connectivity index (χ1) is 8.61. The molecule has 1 fully saturated rings. The Morgan fingerprint density at radius 1 is 1.33 bits per heavy atom. The molecule has 1 aliphatic rings. The molecule has 2 N–H and O–H groups in total. The number of nitrogens with one attached hydrogen (secondary N) is 2. The summed E-state index contributed by atoms with van der Waals surface area (Å²) in [6, 6.07) is 3.60. The van der Waals surface area contributed by atoms with E-state index in [1.54, 1.807) is 0 Å². The van der Waals surface area contributed by atoms with Crippen molar-refractivity contribution in [3.05, 3.63) is 29.6 Å². The molecule has 0 aromatic heterocycles. The van der Waals surface area contributed by atoms with Crippen LogP contribution in [0.15, 0.2) is 18.2 Å². The van der Waals surface area contributed by atoms with Gasteiger partial charge in [0, 0.05) is 5.92 Å². The fourth-order valence-corrected chi connectivity index (χ4v) is 1.49. The number of carbonyl (C=O) groups excluding carboxylic acids is 2. The Morgan fingerprint density at radius 3 is 2.67 bits per heavy atom. The highest BCUT2D eigenvalue weighted by Gasteiger charge is 2.30. The van der Waals surface area contributed by atoms with Crippen molar-refractivity contribution in [2.75, 3.05) is 7.11 Å². The summed E-state index contributed by atoms with van der Waals surface area (Å²) in [5.41, 5.74) is 4.57. The van der Waals surface area contributed by atoms with Gasteiger partial charge in [-0.1, -0.05) is 0 Å². The molecule has 6 heteroatoms. The molecule has 1 saturated carbocycles. The maximum Gasteiger partial charge on any atom is 0.273 e. The van der Waals surface area contributed by atoms with Crippen LogP contribution in [0.25, 0.3) is 0 Å². The highest BCUT2D eigenvalue weighted by atomic mass is 19.1. The molecule has 1 aromatic carbocycles. The van der Waals surface area contributed by atoms with Gasteiger partial charge in [0.25, 0.3) is 5.91 Å². The quantitative estimate of drug-likeness (QED) is 0.789. The fraction of sp³-hybridized carbons (Fsp3) is 0.333. The van der Waals surface area contributed by atoms with Crippen LogP contribution < -0.4 is 15.6 Å². The van der Waals surface area contributed by atoms with Gasteiger partial charge in [0.2, 0.25) is 5.91 Å². The molecule has 0 radical (unpaired) electrons. The Morgan fingerprint density at radius 2 is 2.06 bits per heavy atom. The Bertz CT molecular complexity index is 486. The van der Waals surface area contributed by atoms with E-state index in [0.717, 1.165) is 18.9 Å². The summed E-state index contributed by atoms with van der Waals surface area (Å²) in [7, 11) is 1.38. The average Bonchev–Trinajstić information content (AvgIpc) is 3.19. The van der Waals surface area contributed by atoms with E-state index in [0.29, 0.717) is 0 Å². The minimum absolute atomic E-state index is 0.0142. The topological polar surface area (TPSA) is 67.4 Å². The van der Waals surface area contributed by atoms with Gasteiger partial charge < -0.3 is 4.74 Å². The van der Waals surface area contributed by atoms with Crippen LogP contribution in [0.4, 0.5) is 4.39 Å². The van der Waals surface area contributed by atoms with E-state index in [2.05, 4.69) is 10.9 Å². The molecular weight excluding hydrogens is 239 g/mol. The molecular formula is C12H13FN2O3. The molecule has 0 aliphatic heterocycles. The number of hydrogen-bond acceptors (Lipinski definition) is 3. The van der Waals surface area contributed by atoms with E-state index < -0.39 is 11.7 Å². The maximum absolute atomic E-state index is 13.1. The van der Waals surface area contributed by atoms with Crippen LogP contribution in [0.2, 0.25) is 0 Å². The van der Waals surface area contributed by atoms with Crippen molar-refractivity contribution < 1.29 is 18.7 Å². The van der Waals surface area contributed by atoms with E-state index in [-0.39, 0.29) is 23.1 Å². The molecule has 18 heavy (non-hydrogen) atoms. The molecule has 96 valence electrons. The zero-order chi connectivity index (χ0) is 13.1. The number of hydrogen-bond donors (Lipinski definition) is 2. The molecule has 2 rings (SSSR count). The Kier molecular flexibility index (Phi) is 3.45. The first-order valence-electron chi connectivity index (χ1n) is 5.55. The second-order valence-corrected chi connectivity index (χ2v) is 4.06. The van der Waals surface area contributed by atoms with Crippen molar-refractivity contribution in [3.8, 4) is 5.75 Å². The Hall–Kier alpha value is -2.11. The van der Waals surface area contributed by atoms with Gasteiger partial charge >= 0.3 is 0 Å². The summed E-state index contributed by atoms with van der Waals surface area (Å²) in [6.45, 7) is 0. The number of ether oxygens (including phenoxy) is 1. The summed E-state index contributed by atoms with van der Waals surface area (Å²) < 4.78 is 18.0. The molecule has 0 spiro atoms. The largest absolute Gasteiger partial charge is 0.496 e. The second-order valence-electron chi connectivity index (χ2n) is 4.06. The SMILES string of the molecule is COc1ccc(F)cc1C(=O)NNC(=O)C1CC1. The van der Waals surface area contributed by atoms with Crippen LogP contribution >= 0.6 is 0 Å². The second kappa shape index (κ2) is 5.03. The lowest BCUT2D eigenvalue weighted by Crippen LogP contribution is -2.42. The standard InChI is InChI=1S/C12H13FN2O3/c1-18-10-5-4-8(13)6-9(10)12(17)15-14-11(16)7-2-3-7/h4-7H,2-3H2,1H3,(H,14,16)(H,15,17). The van der Waals surface area contributed by atoms with Crippen molar-refractivity contribution in [3.63, 3.8) is 0 Å². The van der Waals surface area contributed by atoms with E-state index in [1.807, 2.05) is 0 Å². The molecule has 0 unspecified atom stereocenters. The third-order valence-corrected chi connectivity index (χ3v) is 2.65. The maximum atomic E-state index is 13.1. The molecule has 0 bridgehead atoms. The minimum Gasteiger partial charge on any atom is -0.496 e. The summed E-state index contributed by atoms with van der Waals surface area (Å²) in [5, 5.41) is 0. The zero-order valence-electron chi connectivity index (χ0n) is 9.83. The van der Waals surface area contributed by atoms with Gasteiger partial charge in [0.1, 0.15) is 11.6 Å². The van der Waals surface area contributed by atoms with Gasteiger partial charge in [0.15, 0.2) is 0 Å². The van der Waals surface area contributed by atoms with Gasteiger partial charge in [-0.05, 0) is 31.0 Å². The molecule has 0 atom stereocenters. The van der Waals surface area contributed by atoms with Crippen LogP contribution in [0.5, 0.6) is 5.75 Å². The predicted molar refractivity (Wildman–Crippen MR) is 61.3 cm³/mol. The smallest absolute Gasteiger partial charge is 0.273 e. The summed E-state index contributed by atoms with van der Waals surface area (Å²) in [4.78, 5) is 23.1. The van der Waals surface area contributed by atoms with Gasteiger partial charge in [-0.15, -0.1) is 0 Å². The summed E-state index contributed by atoms with van der Waals surface area (Å²) in [6.07, 6.45) is 1.68. The first kappa shape index (κ1) is 12.3. The summed E-state index contributed by atoms with van der Waals surface area (Å²) in [5.74, 6) is -1.15. The highest BCUT2D eigenvalue weighted by Crippen LogP contribution is 2.28. The lowest BCUT2D eigenvalue weighted by Gasteiger charge is -2.10. The van der Waals surface area contributed by atoms with E-state index in [1.165, 1.54) is 19.2 Å². The molecule has 5 nitrogen and oxygen atoms in total. The van der Waals surface area contributed by atoms with E-state index in [4.69, 9.17) is 4.74 Å². The predicted octanol–water partition coefficient (Wildman–Crippen LogP) is 1.01. The van der Waals surface area contributed by atoms with Crippen LogP contribution in [0.3, 0.4) is 0 Å². The van der Waals surface area contributed by atoms with Crippen LogP contribution in [-0.2, 0) is 4.79 Å². The molecule has 0 heterocycles. The number of carbonyl (C=O) groups is 2. The monoisotopic (exact) mass is 252 g/mol. The van der Waals surface area contributed by atoms with Crippen LogP contribution in [-0.4, -0.2) is 18.9 Å². The molecule has 0 saturated heterocycles. The Labute approximate surface area is 103 Å². The number of hydrazine groups is 1. The average molecular weight is 252 g/mol. The molecule has 1 aromatic rings. The first-order valence-corrected chi connectivity index (χ1v) is 5.55. The normalized spacial score (nSPS) is 13.9. The number of methoxy groups -OCH3 is 1. The zero-order valence-corrected chi connectivity index (χ0v) is 9.83. The van der Waals surface area contributed by atoms with Crippen molar-refractivity contribution in [1.82, 2.24) is 10.9 Å². The third-order valence-electron chi connectivity index (χ3n) is 2.65. The van der Waals surface area contributed by atoms with E-state index >= 15 is 0 Å². The highest BCUT2D eigenvalue weighted by molar-refractivity contribution is 5.98.